The van der Waals surface area contributed by atoms with Gasteiger partial charge in [-0.1, -0.05) is 85.4 Å². The Labute approximate surface area is 268 Å². The molecular weight excluding hydrogens is 725 g/mol. The maximum Gasteiger partial charge on any atom is 0.0783 e. The normalized spacial score (nSPS) is 13.8. The van der Waals surface area contributed by atoms with Gasteiger partial charge in [-0.3, -0.25) is 0 Å². The number of rotatable bonds is 4. The van der Waals surface area contributed by atoms with Gasteiger partial charge in [-0.25, -0.2) is 0 Å². The molecular formula is C37H36IrN2SSi-2. The van der Waals surface area contributed by atoms with E-state index in [1.807, 2.05) is 60.0 Å². The van der Waals surface area contributed by atoms with Crippen LogP contribution in [0.3, 0.4) is 0 Å². The van der Waals surface area contributed by atoms with Gasteiger partial charge in [-0.05, 0) is 58.4 Å². The molecule has 0 bridgehead atoms. The standard InChI is InChI=1S/C26H28NSSi.C11H8N.Ir/c1-29(2,3)24-14-8-13-23-25(24)21-12-7-11-20(26(21)28-23)22-17-19(15-16-27-22)18-9-5-4-6-10-18;1-2-6-10(7-3-1)11-8-4-5-9-12-11;/h7-8,12-18H,4-6,9-10H2,1-3H3;1-6,8-9H;/q2*-1;. The smallest absolute Gasteiger partial charge is 0.0783 e. The molecule has 0 aliphatic heterocycles. The number of hydrogen-bond acceptors (Lipinski definition) is 3. The maximum atomic E-state index is 4.78. The van der Waals surface area contributed by atoms with Crippen molar-refractivity contribution in [1.82, 2.24) is 9.97 Å². The van der Waals surface area contributed by atoms with Gasteiger partial charge < -0.3 is 9.97 Å². The van der Waals surface area contributed by atoms with Crippen molar-refractivity contribution < 1.29 is 20.1 Å². The molecule has 1 radical (unpaired) electrons. The summed E-state index contributed by atoms with van der Waals surface area (Å²) in [6.07, 6.45) is 10.5. The number of aromatic nitrogens is 2. The topological polar surface area (TPSA) is 25.8 Å². The molecule has 0 saturated heterocycles. The number of hydrogen-bond donors (Lipinski definition) is 0. The first-order valence-electron chi connectivity index (χ1n) is 14.7. The van der Waals surface area contributed by atoms with Gasteiger partial charge in [-0.15, -0.1) is 59.7 Å². The summed E-state index contributed by atoms with van der Waals surface area (Å²) in [6.45, 7) is 7.32. The van der Waals surface area contributed by atoms with Crippen LogP contribution >= 0.6 is 11.3 Å². The number of benzene rings is 3. The van der Waals surface area contributed by atoms with Gasteiger partial charge in [0.15, 0.2) is 0 Å². The van der Waals surface area contributed by atoms with E-state index in [1.54, 1.807) is 11.4 Å². The third-order valence-corrected chi connectivity index (χ3v) is 11.3. The summed E-state index contributed by atoms with van der Waals surface area (Å²) in [5, 5.41) is 4.40. The quantitative estimate of drug-likeness (QED) is 0.132. The van der Waals surface area contributed by atoms with Crippen LogP contribution in [0.1, 0.15) is 43.6 Å². The second-order valence-electron chi connectivity index (χ2n) is 11.9. The number of pyridine rings is 2. The minimum atomic E-state index is -1.43. The molecule has 7 rings (SSSR count). The molecule has 42 heavy (non-hydrogen) atoms. The summed E-state index contributed by atoms with van der Waals surface area (Å²) in [5.41, 5.74) is 5.72. The number of thiophene rings is 1. The molecule has 0 N–H and O–H groups in total. The zero-order chi connectivity index (χ0) is 28.2. The summed E-state index contributed by atoms with van der Waals surface area (Å²) in [4.78, 5) is 9.00. The molecule has 0 unspecified atom stereocenters. The minimum Gasteiger partial charge on any atom is -0.305 e. The molecule has 0 amide bonds. The fourth-order valence-electron chi connectivity index (χ4n) is 5.95. The largest absolute Gasteiger partial charge is 0.305 e. The monoisotopic (exact) mass is 761 g/mol. The van der Waals surface area contributed by atoms with Crippen molar-refractivity contribution in [3.05, 3.63) is 115 Å². The van der Waals surface area contributed by atoms with Crippen LogP contribution in [0.2, 0.25) is 19.6 Å². The molecule has 3 aromatic carbocycles. The second kappa shape index (κ2) is 13.6. The van der Waals surface area contributed by atoms with Gasteiger partial charge in [0.05, 0.1) is 8.07 Å². The van der Waals surface area contributed by atoms with Crippen molar-refractivity contribution in [2.75, 3.05) is 0 Å². The van der Waals surface area contributed by atoms with E-state index in [9.17, 15) is 0 Å². The molecule has 3 aromatic heterocycles. The van der Waals surface area contributed by atoms with E-state index < -0.39 is 8.07 Å². The first-order valence-corrected chi connectivity index (χ1v) is 19.0. The summed E-state index contributed by atoms with van der Waals surface area (Å²) in [7, 11) is -1.43. The summed E-state index contributed by atoms with van der Waals surface area (Å²) < 4.78 is 2.73. The van der Waals surface area contributed by atoms with Crippen molar-refractivity contribution in [2.24, 2.45) is 0 Å². The third kappa shape index (κ3) is 6.66. The van der Waals surface area contributed by atoms with Crippen LogP contribution in [0, 0.1) is 12.1 Å². The summed E-state index contributed by atoms with van der Waals surface area (Å²) in [6, 6.07) is 36.1. The fraction of sp³-hybridized carbons (Fsp3) is 0.243. The van der Waals surface area contributed by atoms with Gasteiger partial charge in [0.2, 0.25) is 0 Å². The Bertz CT molecular complexity index is 1720. The van der Waals surface area contributed by atoms with E-state index in [4.69, 9.17) is 4.98 Å². The first-order chi connectivity index (χ1) is 20.0. The van der Waals surface area contributed by atoms with Gasteiger partial charge in [-0.2, -0.15) is 11.3 Å². The second-order valence-corrected chi connectivity index (χ2v) is 18.0. The minimum absolute atomic E-state index is 0. The fourth-order valence-corrected chi connectivity index (χ4v) is 8.89. The van der Waals surface area contributed by atoms with Crippen LogP contribution in [0.5, 0.6) is 0 Å². The summed E-state index contributed by atoms with van der Waals surface area (Å²) >= 11 is 1.91. The number of nitrogens with zero attached hydrogens (tertiary/aromatic N) is 2. The molecule has 0 spiro atoms. The van der Waals surface area contributed by atoms with Crippen molar-refractivity contribution in [2.45, 2.75) is 57.7 Å². The van der Waals surface area contributed by atoms with Crippen molar-refractivity contribution in [3.8, 4) is 22.5 Å². The zero-order valence-corrected chi connectivity index (χ0v) is 28.7. The van der Waals surface area contributed by atoms with E-state index in [0.29, 0.717) is 5.92 Å². The Morgan fingerprint density at radius 3 is 2.31 bits per heavy atom. The molecule has 1 aliphatic rings. The summed E-state index contributed by atoms with van der Waals surface area (Å²) in [5.74, 6) is 0.700. The van der Waals surface area contributed by atoms with Gasteiger partial charge in [0, 0.05) is 37.2 Å². The predicted octanol–water partition coefficient (Wildman–Crippen LogP) is 10.1. The van der Waals surface area contributed by atoms with Crippen molar-refractivity contribution >= 4 is 44.8 Å². The van der Waals surface area contributed by atoms with Crippen LogP contribution < -0.4 is 5.19 Å². The molecule has 5 heteroatoms. The number of fused-ring (bicyclic) bond motifs is 3. The molecule has 1 saturated carbocycles. The van der Waals surface area contributed by atoms with Crippen LogP contribution in [0.15, 0.2) is 97.3 Å². The van der Waals surface area contributed by atoms with Crippen LogP contribution in [-0.4, -0.2) is 18.0 Å². The predicted molar refractivity (Wildman–Crippen MR) is 179 cm³/mol. The SMILES string of the molecule is C[Si](C)(C)c1cccc2sc3c(-c4cc(C5CCCCC5)ccn4)[c-]ccc3c12.[Ir].[c-]1ccccc1-c1ccccn1. The first kappa shape index (κ1) is 30.5. The third-order valence-electron chi connectivity index (χ3n) is 8.03. The van der Waals surface area contributed by atoms with Gasteiger partial charge >= 0.3 is 0 Å². The molecule has 1 aliphatic carbocycles. The molecule has 215 valence electrons. The zero-order valence-electron chi connectivity index (χ0n) is 24.5. The molecule has 3 heterocycles. The van der Waals surface area contributed by atoms with Crippen LogP contribution in [0.4, 0.5) is 0 Å². The molecule has 2 nitrogen and oxygen atoms in total. The van der Waals surface area contributed by atoms with Crippen LogP contribution in [-0.2, 0) is 20.1 Å². The van der Waals surface area contributed by atoms with E-state index in [2.05, 4.69) is 79.2 Å². The molecule has 0 atom stereocenters. The Morgan fingerprint density at radius 2 is 1.57 bits per heavy atom. The van der Waals surface area contributed by atoms with E-state index in [0.717, 1.165) is 17.0 Å². The van der Waals surface area contributed by atoms with E-state index in [-0.39, 0.29) is 20.1 Å². The van der Waals surface area contributed by atoms with Crippen LogP contribution in [0.25, 0.3) is 42.7 Å². The molecule has 1 fully saturated rings. The average molecular weight is 761 g/mol. The maximum absolute atomic E-state index is 4.78. The van der Waals surface area contributed by atoms with Gasteiger partial charge in [0.25, 0.3) is 0 Å². The van der Waals surface area contributed by atoms with Crippen molar-refractivity contribution in [1.29, 1.82) is 0 Å². The Hall–Kier alpha value is -2.95. The Morgan fingerprint density at radius 1 is 0.762 bits per heavy atom. The Kier molecular flexibility index (Phi) is 9.85. The Balaban J connectivity index is 0.000000228. The van der Waals surface area contributed by atoms with E-state index >= 15 is 0 Å². The van der Waals surface area contributed by atoms with Gasteiger partial charge in [0.1, 0.15) is 0 Å². The average Bonchev–Trinajstić information content (AvgIpc) is 3.41. The van der Waals surface area contributed by atoms with E-state index in [1.165, 1.54) is 63.4 Å². The molecule has 6 aromatic rings. The van der Waals surface area contributed by atoms with Crippen molar-refractivity contribution in [3.63, 3.8) is 0 Å².